The van der Waals surface area contributed by atoms with Crippen molar-refractivity contribution in [3.05, 3.63) is 71.0 Å². The first-order valence-corrected chi connectivity index (χ1v) is 11.7. The van der Waals surface area contributed by atoms with Crippen LogP contribution in [0.5, 0.6) is 0 Å². The van der Waals surface area contributed by atoms with Crippen molar-refractivity contribution in [2.24, 2.45) is 11.1 Å². The van der Waals surface area contributed by atoms with Crippen molar-refractivity contribution in [2.45, 2.75) is 64.2 Å². The molecule has 32 heavy (non-hydrogen) atoms. The summed E-state index contributed by atoms with van der Waals surface area (Å²) in [6.07, 6.45) is 8.99. The van der Waals surface area contributed by atoms with Crippen LogP contribution < -0.4 is 0 Å². The van der Waals surface area contributed by atoms with Crippen LogP contribution in [0.3, 0.4) is 0 Å². The quantitative estimate of drug-likeness (QED) is 0.135. The lowest BCUT2D eigenvalue weighted by molar-refractivity contribution is -0.141. The van der Waals surface area contributed by atoms with E-state index in [4.69, 9.17) is 4.42 Å². The zero-order valence-electron chi connectivity index (χ0n) is 18.4. The van der Waals surface area contributed by atoms with E-state index >= 15 is 0 Å². The molecule has 0 saturated heterocycles. The van der Waals surface area contributed by atoms with Crippen LogP contribution in [0.2, 0.25) is 0 Å². The number of carbonyl (C=O) groups is 1. The Kier molecular flexibility index (Phi) is 7.25. The van der Waals surface area contributed by atoms with Crippen molar-refractivity contribution in [1.29, 1.82) is 0 Å². The van der Waals surface area contributed by atoms with E-state index in [1.807, 2.05) is 36.4 Å². The third kappa shape index (κ3) is 5.21. The number of nitrogens with zero attached hydrogens (tertiary/aromatic N) is 1. The maximum atomic E-state index is 11.9. The smallest absolute Gasteiger partial charge is 0.306 e. The van der Waals surface area contributed by atoms with E-state index in [2.05, 4.69) is 17.3 Å². The molecule has 0 saturated carbocycles. The molecule has 0 amide bonds. The molecule has 0 spiro atoms. The Hall–Kier alpha value is -3.08. The van der Waals surface area contributed by atoms with E-state index in [0.29, 0.717) is 12.1 Å². The second kappa shape index (κ2) is 10.5. The lowest BCUT2D eigenvalue weighted by atomic mass is 9.92. The van der Waals surface area contributed by atoms with E-state index in [1.165, 1.54) is 24.0 Å². The molecule has 1 aromatic heterocycles. The van der Waals surface area contributed by atoms with Gasteiger partial charge in [-0.25, -0.2) is 0 Å². The van der Waals surface area contributed by atoms with Crippen molar-refractivity contribution in [2.75, 3.05) is 0 Å². The SMILES string of the molecule is O=C(O)C(CCCCc1ccccc1)C/C(=N/O)c1ccc2c3c(oc2c1)CCCCC3. The second-order valence-electron chi connectivity index (χ2n) is 8.79. The maximum Gasteiger partial charge on any atom is 0.306 e. The third-order valence-electron chi connectivity index (χ3n) is 6.56. The van der Waals surface area contributed by atoms with E-state index in [-0.39, 0.29) is 6.42 Å². The minimum atomic E-state index is -0.850. The number of unbranched alkanes of at least 4 members (excludes halogenated alkanes) is 1. The number of aryl methyl sites for hydroxylation is 3. The molecular formula is C27H31NO4. The van der Waals surface area contributed by atoms with Gasteiger partial charge < -0.3 is 14.7 Å². The fourth-order valence-corrected chi connectivity index (χ4v) is 4.75. The molecule has 1 unspecified atom stereocenters. The molecule has 0 fully saturated rings. The predicted molar refractivity (Wildman–Crippen MR) is 126 cm³/mol. The van der Waals surface area contributed by atoms with Gasteiger partial charge in [-0.1, -0.05) is 60.5 Å². The van der Waals surface area contributed by atoms with E-state index in [1.54, 1.807) is 0 Å². The summed E-state index contributed by atoms with van der Waals surface area (Å²) in [6, 6.07) is 16.1. The second-order valence-corrected chi connectivity index (χ2v) is 8.79. The van der Waals surface area contributed by atoms with Crippen molar-refractivity contribution in [3.63, 3.8) is 0 Å². The molecule has 1 aliphatic carbocycles. The van der Waals surface area contributed by atoms with Gasteiger partial charge in [0.05, 0.1) is 11.6 Å². The topological polar surface area (TPSA) is 83.0 Å². The predicted octanol–water partition coefficient (Wildman–Crippen LogP) is 6.38. The van der Waals surface area contributed by atoms with Gasteiger partial charge in [0.25, 0.3) is 0 Å². The van der Waals surface area contributed by atoms with Gasteiger partial charge in [0.1, 0.15) is 11.3 Å². The number of rotatable bonds is 9. The highest BCUT2D eigenvalue weighted by Gasteiger charge is 2.22. The monoisotopic (exact) mass is 433 g/mol. The zero-order chi connectivity index (χ0) is 22.3. The zero-order valence-corrected chi connectivity index (χ0v) is 18.4. The van der Waals surface area contributed by atoms with E-state index in [0.717, 1.165) is 60.8 Å². The highest BCUT2D eigenvalue weighted by atomic mass is 16.4. The molecule has 5 heteroatoms. The fourth-order valence-electron chi connectivity index (χ4n) is 4.75. The molecule has 2 aromatic carbocycles. The molecule has 3 aromatic rings. The van der Waals surface area contributed by atoms with Gasteiger partial charge in [0.2, 0.25) is 0 Å². The summed E-state index contributed by atoms with van der Waals surface area (Å²) < 4.78 is 6.13. The highest BCUT2D eigenvalue weighted by molar-refractivity contribution is 6.04. The van der Waals surface area contributed by atoms with Crippen LogP contribution >= 0.6 is 0 Å². The Morgan fingerprint density at radius 1 is 1.03 bits per heavy atom. The molecule has 2 N–H and O–H groups in total. The van der Waals surface area contributed by atoms with Crippen LogP contribution in [0.4, 0.5) is 0 Å². The normalized spacial score (nSPS) is 15.3. The Bertz CT molecular complexity index is 1080. The first kappa shape index (κ1) is 22.1. The summed E-state index contributed by atoms with van der Waals surface area (Å²) in [5, 5.41) is 24.0. The van der Waals surface area contributed by atoms with Crippen molar-refractivity contribution < 1.29 is 19.5 Å². The Morgan fingerprint density at radius 3 is 2.62 bits per heavy atom. The molecule has 168 valence electrons. The Labute approximate surface area is 188 Å². The summed E-state index contributed by atoms with van der Waals surface area (Å²) in [7, 11) is 0. The molecule has 0 bridgehead atoms. The number of fused-ring (bicyclic) bond motifs is 3. The van der Waals surface area contributed by atoms with Gasteiger partial charge in [-0.2, -0.15) is 0 Å². The number of carboxylic acids is 1. The Balaban J connectivity index is 1.42. The molecule has 0 aliphatic heterocycles. The highest BCUT2D eigenvalue weighted by Crippen LogP contribution is 2.32. The summed E-state index contributed by atoms with van der Waals surface area (Å²) in [4.78, 5) is 11.9. The Morgan fingerprint density at radius 2 is 1.84 bits per heavy atom. The van der Waals surface area contributed by atoms with E-state index < -0.39 is 11.9 Å². The molecule has 1 atom stereocenters. The number of carboxylic acid groups (broad SMARTS) is 1. The molecule has 1 aliphatic rings. The van der Waals surface area contributed by atoms with Crippen molar-refractivity contribution in [3.8, 4) is 0 Å². The molecule has 1 heterocycles. The first-order valence-electron chi connectivity index (χ1n) is 11.7. The lowest BCUT2D eigenvalue weighted by Crippen LogP contribution is -2.19. The fraction of sp³-hybridized carbons (Fsp3) is 0.407. The van der Waals surface area contributed by atoms with Crippen LogP contribution in [0.15, 0.2) is 58.1 Å². The van der Waals surface area contributed by atoms with Crippen molar-refractivity contribution >= 4 is 22.7 Å². The van der Waals surface area contributed by atoms with Gasteiger partial charge in [-0.05, 0) is 50.2 Å². The number of oxime groups is 1. The number of hydrogen-bond donors (Lipinski definition) is 2. The summed E-state index contributed by atoms with van der Waals surface area (Å²) in [5.41, 5.74) is 4.48. The molecule has 4 rings (SSSR count). The van der Waals surface area contributed by atoms with Gasteiger partial charge in [0.15, 0.2) is 0 Å². The van der Waals surface area contributed by atoms with Crippen LogP contribution in [-0.2, 0) is 24.1 Å². The standard InChI is InChI=1S/C27H31NO4/c29-27(30)21(12-8-7-11-19-9-3-1-4-10-19)17-24(28-31)20-15-16-23-22-13-5-2-6-14-25(22)32-26(23)18-20/h1,3-4,9-10,15-16,18,21,31H,2,5-8,11-14,17H2,(H,29,30)/b28-24-. The number of furan rings is 1. The third-order valence-corrected chi connectivity index (χ3v) is 6.56. The maximum absolute atomic E-state index is 11.9. The number of hydrogen-bond acceptors (Lipinski definition) is 4. The van der Waals surface area contributed by atoms with Gasteiger partial charge in [-0.3, -0.25) is 4.79 Å². The van der Waals surface area contributed by atoms with Crippen LogP contribution in [0, 0.1) is 5.92 Å². The summed E-state index contributed by atoms with van der Waals surface area (Å²) in [6.45, 7) is 0. The van der Waals surface area contributed by atoms with Crippen LogP contribution in [0.25, 0.3) is 11.0 Å². The number of aliphatic carboxylic acids is 1. The van der Waals surface area contributed by atoms with E-state index in [9.17, 15) is 15.1 Å². The molecule has 0 radical (unpaired) electrons. The minimum Gasteiger partial charge on any atom is -0.481 e. The number of benzene rings is 2. The van der Waals surface area contributed by atoms with Crippen LogP contribution in [-0.4, -0.2) is 22.0 Å². The van der Waals surface area contributed by atoms with Crippen LogP contribution in [0.1, 0.15) is 67.4 Å². The average Bonchev–Trinajstić information content (AvgIpc) is 2.98. The molecular weight excluding hydrogens is 402 g/mol. The average molecular weight is 434 g/mol. The van der Waals surface area contributed by atoms with Crippen molar-refractivity contribution in [1.82, 2.24) is 0 Å². The summed E-state index contributed by atoms with van der Waals surface area (Å²) >= 11 is 0. The first-order chi connectivity index (χ1) is 15.7. The lowest BCUT2D eigenvalue weighted by Gasteiger charge is -2.13. The largest absolute Gasteiger partial charge is 0.481 e. The van der Waals surface area contributed by atoms with Gasteiger partial charge in [0, 0.05) is 29.4 Å². The molecule has 5 nitrogen and oxygen atoms in total. The van der Waals surface area contributed by atoms with Gasteiger partial charge >= 0.3 is 5.97 Å². The minimum absolute atomic E-state index is 0.198. The summed E-state index contributed by atoms with van der Waals surface area (Å²) in [5.74, 6) is -0.365. The van der Waals surface area contributed by atoms with Gasteiger partial charge in [-0.15, -0.1) is 0 Å².